The number of nitrogens with zero attached hydrogens (tertiary/aromatic N) is 6. The van der Waals surface area contributed by atoms with Gasteiger partial charge in [-0.1, -0.05) is 11.6 Å². The molecule has 6 rings (SSSR count). The fraction of sp³-hybridized carbons (Fsp3) is 0.481. The van der Waals surface area contributed by atoms with E-state index in [1.165, 1.54) is 12.3 Å². The number of rotatable bonds is 2. The van der Waals surface area contributed by atoms with E-state index < -0.39 is 11.7 Å². The van der Waals surface area contributed by atoms with Gasteiger partial charge < -0.3 is 9.64 Å². The second-order valence-corrected chi connectivity index (χ2v) is 12.0. The highest BCUT2D eigenvalue weighted by molar-refractivity contribution is 6.30. The van der Waals surface area contributed by atoms with Gasteiger partial charge >= 0.3 is 6.09 Å². The summed E-state index contributed by atoms with van der Waals surface area (Å²) in [7, 11) is 0. The molecule has 1 amide bonds. The molecule has 2 aromatic heterocycles. The van der Waals surface area contributed by atoms with Gasteiger partial charge in [0.1, 0.15) is 23.1 Å². The summed E-state index contributed by atoms with van der Waals surface area (Å²) in [6.07, 6.45) is 2.86. The van der Waals surface area contributed by atoms with Gasteiger partial charge in [-0.3, -0.25) is 9.47 Å². The van der Waals surface area contributed by atoms with E-state index >= 15 is 0 Å². The number of carbonyl (C=O) groups excluding carboxylic acids is 1. The summed E-state index contributed by atoms with van der Waals surface area (Å²) >= 11 is 6.37. The standard InChI is InChI=1S/C27H30ClFN6O2/c1-16-23-31-32-24(18-10-27(11-18)14-33(15-27)22-8-6-20(29)12-30-22)35(23)21-7-5-19(28)9-17(21)13-34(16)25(36)37-26(2,3)4/h5-9,12,16,18H,10-11,13-15H2,1-4H3. The van der Waals surface area contributed by atoms with Crippen molar-refractivity contribution in [3.63, 3.8) is 0 Å². The Morgan fingerprint density at radius 2 is 1.86 bits per heavy atom. The summed E-state index contributed by atoms with van der Waals surface area (Å²) in [6, 6.07) is 8.61. The minimum absolute atomic E-state index is 0.217. The van der Waals surface area contributed by atoms with Crippen LogP contribution in [0.3, 0.4) is 0 Å². The van der Waals surface area contributed by atoms with E-state index in [9.17, 15) is 9.18 Å². The van der Waals surface area contributed by atoms with E-state index in [-0.39, 0.29) is 23.2 Å². The Kier molecular flexibility index (Phi) is 5.49. The zero-order valence-corrected chi connectivity index (χ0v) is 22.2. The summed E-state index contributed by atoms with van der Waals surface area (Å²) in [5.41, 5.74) is 1.48. The topological polar surface area (TPSA) is 76.4 Å². The van der Waals surface area contributed by atoms with Crippen molar-refractivity contribution in [3.8, 4) is 5.69 Å². The first kappa shape index (κ1) is 24.2. The molecule has 4 heterocycles. The summed E-state index contributed by atoms with van der Waals surface area (Å²) in [4.78, 5) is 21.3. The van der Waals surface area contributed by atoms with Crippen LogP contribution in [0.25, 0.3) is 5.69 Å². The lowest BCUT2D eigenvalue weighted by molar-refractivity contribution is 0.0149. The average molecular weight is 525 g/mol. The maximum atomic E-state index is 13.2. The first-order valence-corrected chi connectivity index (χ1v) is 13.0. The van der Waals surface area contributed by atoms with Gasteiger partial charge in [0.2, 0.25) is 0 Å². The van der Waals surface area contributed by atoms with Crippen LogP contribution in [-0.4, -0.2) is 49.4 Å². The van der Waals surface area contributed by atoms with Gasteiger partial charge in [0, 0.05) is 29.4 Å². The van der Waals surface area contributed by atoms with Gasteiger partial charge in [0.05, 0.1) is 24.5 Å². The normalized spacial score (nSPS) is 20.5. The number of pyridine rings is 1. The predicted octanol–water partition coefficient (Wildman–Crippen LogP) is 5.65. The molecule has 0 radical (unpaired) electrons. The molecular formula is C27H30ClFN6O2. The lowest BCUT2D eigenvalue weighted by Crippen LogP contribution is -2.62. The Bertz CT molecular complexity index is 1350. The van der Waals surface area contributed by atoms with Crippen LogP contribution in [0.15, 0.2) is 36.5 Å². The van der Waals surface area contributed by atoms with E-state index in [0.717, 1.165) is 48.8 Å². The van der Waals surface area contributed by atoms with Crippen molar-refractivity contribution in [2.45, 2.75) is 64.6 Å². The number of halogens is 2. The molecule has 8 nitrogen and oxygen atoms in total. The molecule has 194 valence electrons. The van der Waals surface area contributed by atoms with Crippen molar-refractivity contribution in [1.29, 1.82) is 0 Å². The molecule has 0 bridgehead atoms. The van der Waals surface area contributed by atoms with Gasteiger partial charge in [-0.25, -0.2) is 14.2 Å². The first-order chi connectivity index (χ1) is 17.5. The predicted molar refractivity (Wildman–Crippen MR) is 137 cm³/mol. The van der Waals surface area contributed by atoms with Crippen LogP contribution in [0.5, 0.6) is 0 Å². The molecule has 3 aliphatic rings. The molecule has 1 spiro atoms. The third-order valence-corrected chi connectivity index (χ3v) is 7.85. The first-order valence-electron chi connectivity index (χ1n) is 12.6. The van der Waals surface area contributed by atoms with Crippen molar-refractivity contribution in [1.82, 2.24) is 24.6 Å². The summed E-state index contributed by atoms with van der Waals surface area (Å²) in [6.45, 7) is 9.71. The van der Waals surface area contributed by atoms with Crippen LogP contribution in [0.2, 0.25) is 5.02 Å². The Hall–Kier alpha value is -3.20. The third-order valence-electron chi connectivity index (χ3n) is 7.62. The van der Waals surface area contributed by atoms with Crippen LogP contribution < -0.4 is 4.90 Å². The van der Waals surface area contributed by atoms with Crippen molar-refractivity contribution >= 4 is 23.5 Å². The number of fused-ring (bicyclic) bond motifs is 3. The highest BCUT2D eigenvalue weighted by Crippen LogP contribution is 2.56. The Labute approximate surface area is 220 Å². The smallest absolute Gasteiger partial charge is 0.411 e. The van der Waals surface area contributed by atoms with E-state index in [1.807, 2.05) is 45.9 Å². The zero-order valence-electron chi connectivity index (χ0n) is 21.4. The van der Waals surface area contributed by atoms with Crippen molar-refractivity contribution in [2.75, 3.05) is 18.0 Å². The highest BCUT2D eigenvalue weighted by Gasteiger charge is 2.54. The number of amides is 1. The quantitative estimate of drug-likeness (QED) is 0.431. The molecular weight excluding hydrogens is 495 g/mol. The van der Waals surface area contributed by atoms with Crippen LogP contribution in [0, 0.1) is 11.2 Å². The molecule has 1 saturated heterocycles. The van der Waals surface area contributed by atoms with Gasteiger partial charge in [0.15, 0.2) is 5.82 Å². The number of hydrogen-bond donors (Lipinski definition) is 0. The number of ether oxygens (including phenoxy) is 1. The SMILES string of the molecule is CC1c2nnc(C3CC4(C3)CN(c3ccc(F)cn3)C4)n2-c2ccc(Cl)cc2CN1C(=O)OC(C)(C)C. The molecule has 0 N–H and O–H groups in total. The van der Waals surface area contributed by atoms with E-state index in [0.29, 0.717) is 17.4 Å². The van der Waals surface area contributed by atoms with E-state index in [1.54, 1.807) is 11.0 Å². The van der Waals surface area contributed by atoms with Crippen molar-refractivity contribution in [2.24, 2.45) is 5.41 Å². The number of carbonyl (C=O) groups is 1. The van der Waals surface area contributed by atoms with Crippen LogP contribution in [0.1, 0.15) is 69.7 Å². The lowest BCUT2D eigenvalue weighted by atomic mass is 9.57. The maximum Gasteiger partial charge on any atom is 0.411 e. The number of benzene rings is 1. The third kappa shape index (κ3) is 4.23. The van der Waals surface area contributed by atoms with E-state index in [2.05, 4.69) is 24.6 Å². The van der Waals surface area contributed by atoms with Gasteiger partial charge in [0.25, 0.3) is 0 Å². The van der Waals surface area contributed by atoms with Gasteiger partial charge in [-0.05, 0) is 76.4 Å². The number of aromatic nitrogens is 4. The minimum Gasteiger partial charge on any atom is -0.444 e. The summed E-state index contributed by atoms with van der Waals surface area (Å²) in [5.74, 6) is 2.38. The summed E-state index contributed by atoms with van der Waals surface area (Å²) < 4.78 is 21.1. The Morgan fingerprint density at radius 3 is 2.54 bits per heavy atom. The molecule has 3 aromatic rings. The molecule has 1 aliphatic carbocycles. The molecule has 1 atom stereocenters. The number of anilines is 1. The average Bonchev–Trinajstić information content (AvgIpc) is 3.15. The summed E-state index contributed by atoms with van der Waals surface area (Å²) in [5, 5.41) is 9.85. The molecule has 10 heteroatoms. The number of hydrogen-bond acceptors (Lipinski definition) is 6. The second kappa shape index (κ2) is 8.41. The molecule has 37 heavy (non-hydrogen) atoms. The van der Waals surface area contributed by atoms with Crippen LogP contribution in [-0.2, 0) is 11.3 Å². The highest BCUT2D eigenvalue weighted by atomic mass is 35.5. The molecule has 1 saturated carbocycles. The molecule has 1 aromatic carbocycles. The van der Waals surface area contributed by atoms with E-state index in [4.69, 9.17) is 16.3 Å². The zero-order chi connectivity index (χ0) is 26.1. The molecule has 2 fully saturated rings. The maximum absolute atomic E-state index is 13.2. The Balaban J connectivity index is 1.27. The fourth-order valence-corrected chi connectivity index (χ4v) is 6.09. The largest absolute Gasteiger partial charge is 0.444 e. The minimum atomic E-state index is -0.612. The van der Waals surface area contributed by atoms with Crippen molar-refractivity contribution < 1.29 is 13.9 Å². The lowest BCUT2D eigenvalue weighted by Gasteiger charge is -2.59. The fourth-order valence-electron chi connectivity index (χ4n) is 5.90. The van der Waals surface area contributed by atoms with Gasteiger partial charge in [-0.2, -0.15) is 0 Å². The van der Waals surface area contributed by atoms with Crippen LogP contribution >= 0.6 is 11.6 Å². The van der Waals surface area contributed by atoms with Gasteiger partial charge in [-0.15, -0.1) is 10.2 Å². The molecule has 2 aliphatic heterocycles. The Morgan fingerprint density at radius 1 is 1.14 bits per heavy atom. The van der Waals surface area contributed by atoms with Crippen LogP contribution in [0.4, 0.5) is 15.0 Å². The van der Waals surface area contributed by atoms with Crippen molar-refractivity contribution in [3.05, 3.63) is 64.6 Å². The second-order valence-electron chi connectivity index (χ2n) is 11.6. The molecule has 1 unspecified atom stereocenters. The monoisotopic (exact) mass is 524 g/mol.